The Kier molecular flexibility index (Phi) is 6.78. The van der Waals surface area contributed by atoms with Gasteiger partial charge >= 0.3 is 12.0 Å². The van der Waals surface area contributed by atoms with Crippen LogP contribution in [0.15, 0.2) is 0 Å². The molecule has 2 N–H and O–H groups in total. The number of nitrogens with one attached hydrogen (secondary N) is 1. The number of carboxylic acids is 1. The van der Waals surface area contributed by atoms with E-state index in [0.717, 1.165) is 19.5 Å². The van der Waals surface area contributed by atoms with Crippen molar-refractivity contribution in [2.45, 2.75) is 52.1 Å². The monoisotopic (exact) mass is 285 g/mol. The summed E-state index contributed by atoms with van der Waals surface area (Å²) in [6.07, 6.45) is 1.55. The maximum Gasteiger partial charge on any atom is 0.317 e. The van der Waals surface area contributed by atoms with Gasteiger partial charge in [-0.1, -0.05) is 13.3 Å². The van der Waals surface area contributed by atoms with Gasteiger partial charge in [0.25, 0.3) is 0 Å². The average Bonchev–Trinajstić information content (AvgIpc) is 2.38. The molecule has 0 aliphatic carbocycles. The molecule has 1 saturated heterocycles. The highest BCUT2D eigenvalue weighted by atomic mass is 16.4. The van der Waals surface area contributed by atoms with E-state index in [2.05, 4.69) is 24.1 Å². The van der Waals surface area contributed by atoms with Crippen molar-refractivity contribution in [2.24, 2.45) is 0 Å². The van der Waals surface area contributed by atoms with Gasteiger partial charge in [0.1, 0.15) is 0 Å². The fourth-order valence-electron chi connectivity index (χ4n) is 2.49. The van der Waals surface area contributed by atoms with Gasteiger partial charge in [0.15, 0.2) is 0 Å². The Hall–Kier alpha value is -1.30. The number of hydrogen-bond donors (Lipinski definition) is 2. The number of aliphatic carboxylic acids is 1. The lowest BCUT2D eigenvalue weighted by atomic mass is 10.1. The number of carboxylic acid groups (broad SMARTS) is 1. The number of nitrogens with zero attached hydrogens (tertiary/aromatic N) is 2. The summed E-state index contributed by atoms with van der Waals surface area (Å²) in [5.74, 6) is -0.867. The topological polar surface area (TPSA) is 72.9 Å². The van der Waals surface area contributed by atoms with Crippen LogP contribution in [0.5, 0.6) is 0 Å². The number of rotatable bonds is 6. The largest absolute Gasteiger partial charge is 0.481 e. The van der Waals surface area contributed by atoms with Crippen molar-refractivity contribution in [3.8, 4) is 0 Å². The van der Waals surface area contributed by atoms with Crippen molar-refractivity contribution in [2.75, 3.05) is 26.2 Å². The molecule has 1 aliphatic rings. The Morgan fingerprint density at radius 1 is 1.20 bits per heavy atom. The van der Waals surface area contributed by atoms with E-state index in [4.69, 9.17) is 5.11 Å². The molecule has 0 bridgehead atoms. The van der Waals surface area contributed by atoms with Crippen LogP contribution in [0, 0.1) is 0 Å². The molecule has 0 aromatic rings. The highest BCUT2D eigenvalue weighted by Crippen LogP contribution is 2.08. The van der Waals surface area contributed by atoms with Gasteiger partial charge in [0.05, 0.1) is 6.42 Å². The summed E-state index contributed by atoms with van der Waals surface area (Å²) in [6, 6.07) is 0.0984. The highest BCUT2D eigenvalue weighted by Gasteiger charge is 2.24. The lowest BCUT2D eigenvalue weighted by molar-refractivity contribution is -0.137. The van der Waals surface area contributed by atoms with E-state index in [1.807, 2.05) is 6.92 Å². The molecule has 0 aromatic carbocycles. The lowest BCUT2D eigenvalue weighted by Crippen LogP contribution is -2.54. The minimum atomic E-state index is -0.867. The van der Waals surface area contributed by atoms with Gasteiger partial charge in [-0.25, -0.2) is 4.79 Å². The van der Waals surface area contributed by atoms with E-state index in [-0.39, 0.29) is 18.5 Å². The van der Waals surface area contributed by atoms with E-state index in [0.29, 0.717) is 25.6 Å². The zero-order chi connectivity index (χ0) is 15.1. The summed E-state index contributed by atoms with van der Waals surface area (Å²) in [5.41, 5.74) is 0. The molecule has 1 aliphatic heterocycles. The third kappa shape index (κ3) is 5.36. The van der Waals surface area contributed by atoms with Gasteiger partial charge in [-0.15, -0.1) is 0 Å². The second-order valence-electron chi connectivity index (χ2n) is 5.65. The van der Waals surface area contributed by atoms with Crippen molar-refractivity contribution < 1.29 is 14.7 Å². The predicted molar refractivity (Wildman–Crippen MR) is 77.8 cm³/mol. The van der Waals surface area contributed by atoms with Crippen LogP contribution in [0.1, 0.15) is 40.0 Å². The van der Waals surface area contributed by atoms with Crippen LogP contribution in [0.25, 0.3) is 0 Å². The van der Waals surface area contributed by atoms with E-state index in [1.54, 1.807) is 4.90 Å². The average molecular weight is 285 g/mol. The van der Waals surface area contributed by atoms with Crippen molar-refractivity contribution in [1.82, 2.24) is 15.1 Å². The summed E-state index contributed by atoms with van der Waals surface area (Å²) in [7, 11) is 0. The fraction of sp³-hybridized carbons (Fsp3) is 0.857. The molecule has 1 unspecified atom stereocenters. The Morgan fingerprint density at radius 3 is 2.25 bits per heavy atom. The minimum Gasteiger partial charge on any atom is -0.481 e. The molecule has 6 heteroatoms. The molecule has 6 nitrogen and oxygen atoms in total. The van der Waals surface area contributed by atoms with Gasteiger partial charge in [-0.2, -0.15) is 0 Å². The van der Waals surface area contributed by atoms with Gasteiger partial charge in [-0.05, 0) is 20.3 Å². The molecule has 1 fully saturated rings. The standard InChI is InChI=1S/C14H27N3O3/c1-4-5-12(10-13(18)19)15-14(20)17-8-6-16(7-9-17)11(2)3/h11-12H,4-10H2,1-3H3,(H,15,20)(H,18,19). The maximum absolute atomic E-state index is 12.1. The Bertz CT molecular complexity index is 326. The van der Waals surface area contributed by atoms with Crippen LogP contribution in [0.3, 0.4) is 0 Å². The second kappa shape index (κ2) is 8.09. The maximum atomic E-state index is 12.1. The Balaban J connectivity index is 2.43. The first-order chi connectivity index (χ1) is 9.43. The third-order valence-corrected chi connectivity index (χ3v) is 3.72. The van der Waals surface area contributed by atoms with Crippen molar-refractivity contribution in [3.05, 3.63) is 0 Å². The quantitative estimate of drug-likeness (QED) is 0.773. The summed E-state index contributed by atoms with van der Waals surface area (Å²) >= 11 is 0. The molecule has 116 valence electrons. The summed E-state index contributed by atoms with van der Waals surface area (Å²) in [4.78, 5) is 27.1. The van der Waals surface area contributed by atoms with Crippen LogP contribution in [0.2, 0.25) is 0 Å². The normalized spacial score (nSPS) is 18.1. The molecule has 1 rings (SSSR count). The number of carbonyl (C=O) groups excluding carboxylic acids is 1. The first-order valence-corrected chi connectivity index (χ1v) is 7.45. The van der Waals surface area contributed by atoms with E-state index in [9.17, 15) is 9.59 Å². The van der Waals surface area contributed by atoms with E-state index < -0.39 is 5.97 Å². The number of piperazine rings is 1. The first-order valence-electron chi connectivity index (χ1n) is 7.45. The Labute approximate surface area is 121 Å². The van der Waals surface area contributed by atoms with Crippen LogP contribution in [-0.4, -0.2) is 65.2 Å². The summed E-state index contributed by atoms with van der Waals surface area (Å²) in [6.45, 7) is 9.46. The van der Waals surface area contributed by atoms with Gasteiger partial charge in [0.2, 0.25) is 0 Å². The number of amides is 2. The second-order valence-corrected chi connectivity index (χ2v) is 5.65. The smallest absolute Gasteiger partial charge is 0.317 e. The molecule has 2 amide bonds. The number of carbonyl (C=O) groups is 2. The summed E-state index contributed by atoms with van der Waals surface area (Å²) in [5, 5.41) is 11.7. The first kappa shape index (κ1) is 16.8. The van der Waals surface area contributed by atoms with Gasteiger partial charge in [0, 0.05) is 38.3 Å². The summed E-state index contributed by atoms with van der Waals surface area (Å²) < 4.78 is 0. The van der Waals surface area contributed by atoms with E-state index >= 15 is 0 Å². The fourth-order valence-corrected chi connectivity index (χ4v) is 2.49. The highest BCUT2D eigenvalue weighted by molar-refractivity contribution is 5.76. The molecule has 0 aromatic heterocycles. The Morgan fingerprint density at radius 2 is 1.80 bits per heavy atom. The number of urea groups is 1. The molecule has 0 saturated carbocycles. The third-order valence-electron chi connectivity index (χ3n) is 3.72. The lowest BCUT2D eigenvalue weighted by Gasteiger charge is -2.37. The van der Waals surface area contributed by atoms with Crippen LogP contribution >= 0.6 is 0 Å². The molecular formula is C14H27N3O3. The van der Waals surface area contributed by atoms with Crippen LogP contribution < -0.4 is 5.32 Å². The van der Waals surface area contributed by atoms with Crippen molar-refractivity contribution in [3.63, 3.8) is 0 Å². The van der Waals surface area contributed by atoms with Crippen LogP contribution in [-0.2, 0) is 4.79 Å². The number of hydrogen-bond acceptors (Lipinski definition) is 3. The van der Waals surface area contributed by atoms with E-state index in [1.165, 1.54) is 0 Å². The zero-order valence-corrected chi connectivity index (χ0v) is 12.8. The van der Waals surface area contributed by atoms with Crippen LogP contribution in [0.4, 0.5) is 4.79 Å². The van der Waals surface area contributed by atoms with Gasteiger partial charge < -0.3 is 15.3 Å². The van der Waals surface area contributed by atoms with Crippen molar-refractivity contribution in [1.29, 1.82) is 0 Å². The molecule has 0 radical (unpaired) electrons. The molecule has 20 heavy (non-hydrogen) atoms. The molecule has 1 atom stereocenters. The minimum absolute atomic E-state index is 0.00839. The van der Waals surface area contributed by atoms with Gasteiger partial charge in [-0.3, -0.25) is 9.69 Å². The molecule has 1 heterocycles. The van der Waals surface area contributed by atoms with Crippen molar-refractivity contribution >= 4 is 12.0 Å². The molecule has 0 spiro atoms. The molecular weight excluding hydrogens is 258 g/mol. The zero-order valence-electron chi connectivity index (χ0n) is 12.8. The predicted octanol–water partition coefficient (Wildman–Crippen LogP) is 1.37. The SMILES string of the molecule is CCCC(CC(=O)O)NC(=O)N1CCN(C(C)C)CC1.